The molecule has 94 valence electrons. The number of amides is 1. The number of aromatic amines is 1. The quantitative estimate of drug-likeness (QED) is 0.606. The molecule has 19 heavy (non-hydrogen) atoms. The van der Waals surface area contributed by atoms with Crippen molar-refractivity contribution in [1.82, 2.24) is 15.2 Å². The topological polar surface area (TPSA) is 96.7 Å². The molecule has 0 bridgehead atoms. The summed E-state index contributed by atoms with van der Waals surface area (Å²) >= 11 is 0. The molecule has 3 aromatic rings. The zero-order valence-corrected chi connectivity index (χ0v) is 9.92. The van der Waals surface area contributed by atoms with E-state index in [1.165, 1.54) is 0 Å². The van der Waals surface area contributed by atoms with Crippen LogP contribution in [0.3, 0.4) is 0 Å². The predicted octanol–water partition coefficient (Wildman–Crippen LogP) is 1.79. The highest BCUT2D eigenvalue weighted by atomic mass is 16.1. The number of rotatable bonds is 2. The van der Waals surface area contributed by atoms with Gasteiger partial charge in [-0.1, -0.05) is 0 Å². The number of hydrogen-bond acceptors (Lipinski definition) is 4. The zero-order valence-electron chi connectivity index (χ0n) is 9.92. The summed E-state index contributed by atoms with van der Waals surface area (Å²) in [7, 11) is 0. The van der Waals surface area contributed by atoms with Crippen LogP contribution in [0.2, 0.25) is 0 Å². The van der Waals surface area contributed by atoms with Crippen LogP contribution in [0.15, 0.2) is 42.7 Å². The van der Waals surface area contributed by atoms with Crippen molar-refractivity contribution in [3.05, 3.63) is 48.3 Å². The molecule has 2 aromatic heterocycles. The van der Waals surface area contributed by atoms with Crippen LogP contribution in [0.1, 0.15) is 10.4 Å². The molecule has 0 fully saturated rings. The highest BCUT2D eigenvalue weighted by Gasteiger charge is 2.12. The van der Waals surface area contributed by atoms with Crippen LogP contribution >= 0.6 is 0 Å². The second-order valence-electron chi connectivity index (χ2n) is 4.07. The van der Waals surface area contributed by atoms with Crippen molar-refractivity contribution in [1.29, 1.82) is 0 Å². The molecule has 4 N–H and O–H groups in total. The second-order valence-corrected chi connectivity index (χ2v) is 4.07. The number of nitrogens with zero attached hydrogens (tertiary/aromatic N) is 2. The number of hydrogen-bond donors (Lipinski definition) is 3. The molecule has 0 atom stereocenters. The fraction of sp³-hybridized carbons (Fsp3) is 0. The number of carbonyl (C=O) groups is 1. The van der Waals surface area contributed by atoms with Crippen molar-refractivity contribution in [3.8, 4) is 0 Å². The first-order valence-corrected chi connectivity index (χ1v) is 5.70. The number of carbonyl (C=O) groups excluding carboxylic acids is 1. The third kappa shape index (κ3) is 2.11. The molecule has 6 nitrogen and oxygen atoms in total. The van der Waals surface area contributed by atoms with E-state index >= 15 is 0 Å². The maximum atomic E-state index is 12.1. The summed E-state index contributed by atoms with van der Waals surface area (Å²) in [4.78, 5) is 15.2. The van der Waals surface area contributed by atoms with Crippen LogP contribution in [-0.2, 0) is 0 Å². The third-order valence-electron chi connectivity index (χ3n) is 2.76. The van der Waals surface area contributed by atoms with E-state index in [1.807, 2.05) is 6.07 Å². The lowest BCUT2D eigenvalue weighted by atomic mass is 10.1. The van der Waals surface area contributed by atoms with E-state index in [0.29, 0.717) is 17.1 Å². The van der Waals surface area contributed by atoms with Crippen LogP contribution in [0.5, 0.6) is 0 Å². The number of nitrogen functional groups attached to an aromatic ring is 1. The van der Waals surface area contributed by atoms with Gasteiger partial charge < -0.3 is 16.0 Å². The van der Waals surface area contributed by atoms with E-state index in [4.69, 9.17) is 5.73 Å². The summed E-state index contributed by atoms with van der Waals surface area (Å²) in [5.74, 6) is 0.175. The van der Waals surface area contributed by atoms with Crippen LogP contribution in [0, 0.1) is 0 Å². The van der Waals surface area contributed by atoms with Gasteiger partial charge in [-0.05, 0) is 30.3 Å². The van der Waals surface area contributed by atoms with E-state index in [1.54, 1.807) is 36.7 Å². The van der Waals surface area contributed by atoms with Crippen LogP contribution in [-0.4, -0.2) is 21.1 Å². The molecule has 0 spiro atoms. The Hall–Kier alpha value is -2.89. The molecule has 0 saturated carbocycles. The van der Waals surface area contributed by atoms with Gasteiger partial charge in [-0.2, -0.15) is 5.10 Å². The van der Waals surface area contributed by atoms with Gasteiger partial charge in [-0.15, -0.1) is 5.10 Å². The van der Waals surface area contributed by atoms with Gasteiger partial charge in [-0.3, -0.25) is 4.79 Å². The van der Waals surface area contributed by atoms with Gasteiger partial charge in [0.2, 0.25) is 0 Å². The minimum absolute atomic E-state index is 0.239. The summed E-state index contributed by atoms with van der Waals surface area (Å²) in [6, 6.07) is 8.74. The van der Waals surface area contributed by atoms with Crippen molar-refractivity contribution in [2.75, 3.05) is 11.1 Å². The van der Waals surface area contributed by atoms with Crippen molar-refractivity contribution >= 4 is 28.3 Å². The molecule has 2 heterocycles. The molecule has 6 heteroatoms. The molecule has 0 radical (unpaired) electrons. The SMILES string of the molecule is Nc1ccc2c(C(=O)Nc3cccnn3)c[nH]c2c1. The first kappa shape index (κ1) is 11.2. The summed E-state index contributed by atoms with van der Waals surface area (Å²) < 4.78 is 0. The molecule has 1 amide bonds. The number of H-pyrrole nitrogens is 1. The summed E-state index contributed by atoms with van der Waals surface area (Å²) in [6.07, 6.45) is 3.19. The number of fused-ring (bicyclic) bond motifs is 1. The predicted molar refractivity (Wildman–Crippen MR) is 72.7 cm³/mol. The number of nitrogens with one attached hydrogen (secondary N) is 2. The van der Waals surface area contributed by atoms with E-state index in [0.717, 1.165) is 10.9 Å². The normalized spacial score (nSPS) is 10.5. The molecule has 0 unspecified atom stereocenters. The third-order valence-corrected chi connectivity index (χ3v) is 2.76. The number of aromatic nitrogens is 3. The number of benzene rings is 1. The minimum atomic E-state index is -0.239. The maximum absolute atomic E-state index is 12.1. The molecule has 1 aromatic carbocycles. The Balaban J connectivity index is 1.94. The molecule has 0 aliphatic carbocycles. The fourth-order valence-corrected chi connectivity index (χ4v) is 1.88. The summed E-state index contributed by atoms with van der Waals surface area (Å²) in [5, 5.41) is 11.0. The highest BCUT2D eigenvalue weighted by molar-refractivity contribution is 6.12. The fourth-order valence-electron chi connectivity index (χ4n) is 1.88. The molecule has 0 aliphatic rings. The van der Waals surface area contributed by atoms with Gasteiger partial charge in [0.15, 0.2) is 5.82 Å². The molecular weight excluding hydrogens is 242 g/mol. The van der Waals surface area contributed by atoms with Gasteiger partial charge in [0, 0.05) is 29.0 Å². The Morgan fingerprint density at radius 1 is 1.32 bits per heavy atom. The average Bonchev–Trinajstić information content (AvgIpc) is 2.82. The van der Waals surface area contributed by atoms with Gasteiger partial charge in [0.05, 0.1) is 5.56 Å². The number of anilines is 2. The van der Waals surface area contributed by atoms with Crippen molar-refractivity contribution < 1.29 is 4.79 Å². The van der Waals surface area contributed by atoms with Crippen molar-refractivity contribution in [3.63, 3.8) is 0 Å². The smallest absolute Gasteiger partial charge is 0.259 e. The lowest BCUT2D eigenvalue weighted by Crippen LogP contribution is -2.12. The largest absolute Gasteiger partial charge is 0.399 e. The molecule has 0 aliphatic heterocycles. The van der Waals surface area contributed by atoms with Crippen molar-refractivity contribution in [2.45, 2.75) is 0 Å². The van der Waals surface area contributed by atoms with Crippen LogP contribution in [0.4, 0.5) is 11.5 Å². The van der Waals surface area contributed by atoms with Crippen molar-refractivity contribution in [2.24, 2.45) is 0 Å². The Kier molecular flexibility index (Phi) is 2.60. The van der Waals surface area contributed by atoms with E-state index in [2.05, 4.69) is 20.5 Å². The Bertz CT molecular complexity index is 735. The molecule has 0 saturated heterocycles. The minimum Gasteiger partial charge on any atom is -0.399 e. The van der Waals surface area contributed by atoms with Gasteiger partial charge in [0.1, 0.15) is 0 Å². The average molecular weight is 253 g/mol. The molecular formula is C13H11N5O. The van der Waals surface area contributed by atoms with E-state index in [9.17, 15) is 4.79 Å². The monoisotopic (exact) mass is 253 g/mol. The summed E-state index contributed by atoms with van der Waals surface area (Å²) in [5.41, 5.74) is 7.71. The van der Waals surface area contributed by atoms with Gasteiger partial charge in [-0.25, -0.2) is 0 Å². The van der Waals surface area contributed by atoms with E-state index < -0.39 is 0 Å². The maximum Gasteiger partial charge on any atom is 0.259 e. The standard InChI is InChI=1S/C13H11N5O/c14-8-3-4-9-10(7-15-11(9)6-8)13(19)17-12-2-1-5-16-18-12/h1-7,15H,14H2,(H,17,18,19). The van der Waals surface area contributed by atoms with E-state index in [-0.39, 0.29) is 5.91 Å². The lowest BCUT2D eigenvalue weighted by Gasteiger charge is -2.02. The van der Waals surface area contributed by atoms with Crippen LogP contribution in [0.25, 0.3) is 10.9 Å². The zero-order chi connectivity index (χ0) is 13.2. The van der Waals surface area contributed by atoms with Crippen LogP contribution < -0.4 is 11.1 Å². The van der Waals surface area contributed by atoms with Gasteiger partial charge >= 0.3 is 0 Å². The first-order chi connectivity index (χ1) is 9.24. The Morgan fingerprint density at radius 3 is 3.00 bits per heavy atom. The number of nitrogens with two attached hydrogens (primary N) is 1. The van der Waals surface area contributed by atoms with Gasteiger partial charge in [0.25, 0.3) is 5.91 Å². The Morgan fingerprint density at radius 2 is 2.21 bits per heavy atom. The highest BCUT2D eigenvalue weighted by Crippen LogP contribution is 2.21. The first-order valence-electron chi connectivity index (χ1n) is 5.70. The lowest BCUT2D eigenvalue weighted by molar-refractivity contribution is 0.102. The summed E-state index contributed by atoms with van der Waals surface area (Å²) in [6.45, 7) is 0. The second kappa shape index (κ2) is 4.41. The molecule has 3 rings (SSSR count). The Labute approximate surface area is 108 Å².